The zero-order chi connectivity index (χ0) is 20.1. The summed E-state index contributed by atoms with van der Waals surface area (Å²) in [4.78, 5) is 0. The van der Waals surface area contributed by atoms with E-state index >= 15 is 0 Å². The first-order valence-electron chi connectivity index (χ1n) is 10.3. The quantitative estimate of drug-likeness (QED) is 0.302. The average molecular weight is 385 g/mol. The lowest BCUT2D eigenvalue weighted by Gasteiger charge is -2.13. The lowest BCUT2D eigenvalue weighted by atomic mass is 9.98. The Balaban J connectivity index is 1.94. The van der Waals surface area contributed by atoms with E-state index in [0.717, 1.165) is 5.65 Å². The van der Waals surface area contributed by atoms with E-state index in [-0.39, 0.29) is 0 Å². The first-order chi connectivity index (χ1) is 14.8. The molecular formula is C28H21N2+. The fraction of sp³-hybridized carbons (Fsp3) is 0.0357. The second kappa shape index (κ2) is 6.57. The zero-order valence-electron chi connectivity index (χ0n) is 16.8. The molecule has 0 N–H and O–H groups in total. The minimum Gasteiger partial charge on any atom is -0.198 e. The molecule has 2 heteroatoms. The van der Waals surface area contributed by atoms with Gasteiger partial charge in [0.05, 0.1) is 11.8 Å². The average Bonchev–Trinajstić information content (AvgIpc) is 3.18. The molecule has 3 heterocycles. The Morgan fingerprint density at radius 3 is 2.07 bits per heavy atom. The summed E-state index contributed by atoms with van der Waals surface area (Å²) >= 11 is 0. The molecule has 0 atom stereocenters. The molecule has 6 aromatic rings. The standard InChI is InChI=1S/C28H21N2/c1-20-16-17-26-29(19-20)28(22-12-6-3-7-13-22)27(21-10-4-2-5-11-21)25-18-23-14-8-9-15-24(23)30(25)26/h2-19H,1H3/q+1. The van der Waals surface area contributed by atoms with Crippen molar-refractivity contribution in [1.82, 2.24) is 4.40 Å². The van der Waals surface area contributed by atoms with E-state index in [1.54, 1.807) is 0 Å². The normalized spacial score (nSPS) is 11.5. The molecule has 0 fully saturated rings. The van der Waals surface area contributed by atoms with Crippen molar-refractivity contribution in [1.29, 1.82) is 0 Å². The molecule has 0 aliphatic heterocycles. The molecule has 0 spiro atoms. The van der Waals surface area contributed by atoms with Crippen molar-refractivity contribution in [3.8, 4) is 22.4 Å². The molecule has 0 radical (unpaired) electrons. The van der Waals surface area contributed by atoms with Crippen LogP contribution >= 0.6 is 0 Å². The van der Waals surface area contributed by atoms with Crippen LogP contribution in [-0.2, 0) is 0 Å². The van der Waals surface area contributed by atoms with Gasteiger partial charge in [-0.1, -0.05) is 78.9 Å². The fourth-order valence-electron chi connectivity index (χ4n) is 4.56. The smallest absolute Gasteiger partial charge is 0.198 e. The van der Waals surface area contributed by atoms with Gasteiger partial charge in [0, 0.05) is 17.0 Å². The van der Waals surface area contributed by atoms with E-state index in [1.165, 1.54) is 44.4 Å². The number of hydrogen-bond donors (Lipinski definition) is 0. The Morgan fingerprint density at radius 2 is 1.30 bits per heavy atom. The lowest BCUT2D eigenvalue weighted by molar-refractivity contribution is -0.502. The van der Waals surface area contributed by atoms with Gasteiger partial charge in [0.15, 0.2) is 5.69 Å². The molecule has 3 aromatic carbocycles. The highest BCUT2D eigenvalue weighted by Crippen LogP contribution is 2.36. The van der Waals surface area contributed by atoms with Gasteiger partial charge in [0.2, 0.25) is 0 Å². The second-order valence-corrected chi connectivity index (χ2v) is 7.81. The van der Waals surface area contributed by atoms with Crippen LogP contribution in [0.4, 0.5) is 0 Å². The van der Waals surface area contributed by atoms with E-state index in [4.69, 9.17) is 0 Å². The van der Waals surface area contributed by atoms with Gasteiger partial charge in [-0.15, -0.1) is 0 Å². The van der Waals surface area contributed by atoms with Gasteiger partial charge in [0.25, 0.3) is 5.65 Å². The number of para-hydroxylation sites is 1. The summed E-state index contributed by atoms with van der Waals surface area (Å²) in [5.74, 6) is 0. The summed E-state index contributed by atoms with van der Waals surface area (Å²) in [6.07, 6.45) is 2.25. The Morgan fingerprint density at radius 1 is 0.633 bits per heavy atom. The highest BCUT2D eigenvalue weighted by atomic mass is 15.1. The summed E-state index contributed by atoms with van der Waals surface area (Å²) < 4.78 is 4.75. The monoisotopic (exact) mass is 385 g/mol. The summed E-state index contributed by atoms with van der Waals surface area (Å²) in [7, 11) is 0. The third kappa shape index (κ3) is 2.47. The maximum Gasteiger partial charge on any atom is 0.292 e. The van der Waals surface area contributed by atoms with Gasteiger partial charge < -0.3 is 0 Å². The maximum absolute atomic E-state index is 2.39. The maximum atomic E-state index is 2.39. The number of hydrogen-bond acceptors (Lipinski definition) is 0. The predicted molar refractivity (Wildman–Crippen MR) is 124 cm³/mol. The second-order valence-electron chi connectivity index (χ2n) is 7.81. The molecule has 0 aliphatic rings. The lowest BCUT2D eigenvalue weighted by Crippen LogP contribution is -2.29. The van der Waals surface area contributed by atoms with E-state index in [9.17, 15) is 0 Å². The number of nitrogens with zero attached hydrogens (tertiary/aromatic N) is 2. The minimum atomic E-state index is 1.16. The van der Waals surface area contributed by atoms with Crippen LogP contribution < -0.4 is 4.40 Å². The molecule has 6 rings (SSSR count). The summed E-state index contributed by atoms with van der Waals surface area (Å²) in [5.41, 5.74) is 9.76. The molecule has 0 unspecified atom stereocenters. The highest BCUT2D eigenvalue weighted by molar-refractivity contribution is 5.99. The number of fused-ring (bicyclic) bond motifs is 5. The van der Waals surface area contributed by atoms with Crippen LogP contribution in [0.25, 0.3) is 44.5 Å². The number of rotatable bonds is 2. The number of aryl methyl sites for hydroxylation is 1. The minimum absolute atomic E-state index is 1.16. The van der Waals surface area contributed by atoms with E-state index in [2.05, 4.69) is 125 Å². The van der Waals surface area contributed by atoms with Crippen LogP contribution in [0.3, 0.4) is 0 Å². The molecule has 0 saturated carbocycles. The largest absolute Gasteiger partial charge is 0.292 e. The van der Waals surface area contributed by atoms with E-state index < -0.39 is 0 Å². The van der Waals surface area contributed by atoms with Gasteiger partial charge in [-0.25, -0.2) is 0 Å². The van der Waals surface area contributed by atoms with E-state index in [1.807, 2.05) is 0 Å². The van der Waals surface area contributed by atoms with Crippen molar-refractivity contribution in [3.05, 3.63) is 115 Å². The third-order valence-electron chi connectivity index (χ3n) is 5.86. The van der Waals surface area contributed by atoms with E-state index in [0.29, 0.717) is 0 Å². The molecule has 0 amide bonds. The molecule has 0 bridgehead atoms. The molecule has 2 nitrogen and oxygen atoms in total. The van der Waals surface area contributed by atoms with Crippen molar-refractivity contribution in [2.24, 2.45) is 0 Å². The van der Waals surface area contributed by atoms with Crippen LogP contribution in [0.5, 0.6) is 0 Å². The van der Waals surface area contributed by atoms with Gasteiger partial charge in [0.1, 0.15) is 11.0 Å². The molecule has 30 heavy (non-hydrogen) atoms. The van der Waals surface area contributed by atoms with Gasteiger partial charge in [-0.05, 0) is 36.2 Å². The molecule has 142 valence electrons. The fourth-order valence-corrected chi connectivity index (χ4v) is 4.56. The summed E-state index contributed by atoms with van der Waals surface area (Å²) in [6, 6.07) is 36.8. The Bertz CT molecular complexity index is 1530. The third-order valence-corrected chi connectivity index (χ3v) is 5.86. The van der Waals surface area contributed by atoms with Gasteiger partial charge in [-0.3, -0.25) is 0 Å². The summed E-state index contributed by atoms with van der Waals surface area (Å²) in [6.45, 7) is 2.15. The van der Waals surface area contributed by atoms with Gasteiger partial charge >= 0.3 is 0 Å². The SMILES string of the molecule is Cc1ccc2n3c(cc4ccccc43)c(-c3ccccc3)c(-c3ccccc3)[n+]2c1. The predicted octanol–water partition coefficient (Wildman–Crippen LogP) is 6.47. The van der Waals surface area contributed by atoms with Crippen molar-refractivity contribution in [3.63, 3.8) is 0 Å². The Labute approximate surface area is 175 Å². The topological polar surface area (TPSA) is 8.51 Å². The van der Waals surface area contributed by atoms with Crippen molar-refractivity contribution in [2.75, 3.05) is 0 Å². The first-order valence-corrected chi connectivity index (χ1v) is 10.3. The van der Waals surface area contributed by atoms with Crippen LogP contribution in [0.2, 0.25) is 0 Å². The first kappa shape index (κ1) is 17.0. The Kier molecular flexibility index (Phi) is 3.72. The van der Waals surface area contributed by atoms with Crippen LogP contribution in [-0.4, -0.2) is 4.40 Å². The van der Waals surface area contributed by atoms with Crippen molar-refractivity contribution in [2.45, 2.75) is 6.92 Å². The van der Waals surface area contributed by atoms with Gasteiger partial charge in [-0.2, -0.15) is 8.80 Å². The van der Waals surface area contributed by atoms with Crippen LogP contribution in [0, 0.1) is 6.92 Å². The molecular weight excluding hydrogens is 364 g/mol. The number of aromatic nitrogens is 2. The number of benzene rings is 3. The molecule has 3 aromatic heterocycles. The molecule has 0 aliphatic carbocycles. The Hall–Kier alpha value is -3.91. The summed E-state index contributed by atoms with van der Waals surface area (Å²) in [5, 5.41) is 1.25. The van der Waals surface area contributed by atoms with Crippen molar-refractivity contribution >= 4 is 22.1 Å². The molecule has 0 saturated heterocycles. The highest BCUT2D eigenvalue weighted by Gasteiger charge is 2.25. The van der Waals surface area contributed by atoms with Crippen molar-refractivity contribution < 1.29 is 4.40 Å². The number of pyridine rings is 1. The van der Waals surface area contributed by atoms with Crippen LogP contribution in [0.15, 0.2) is 109 Å². The van der Waals surface area contributed by atoms with Crippen LogP contribution in [0.1, 0.15) is 5.56 Å². The zero-order valence-corrected chi connectivity index (χ0v) is 16.8.